The molecule has 50 heavy (non-hydrogen) atoms. The van der Waals surface area contributed by atoms with Gasteiger partial charge in [-0.15, -0.1) is 0 Å². The third-order valence-electron chi connectivity index (χ3n) is 9.26. The molecule has 0 radical (unpaired) electrons. The Balaban J connectivity index is 1.22. The summed E-state index contributed by atoms with van der Waals surface area (Å²) in [6.45, 7) is 0. The maximum Gasteiger partial charge on any atom is 0.160 e. The van der Waals surface area contributed by atoms with Crippen LogP contribution >= 0.6 is 0 Å². The minimum atomic E-state index is 0.660. The van der Waals surface area contributed by atoms with E-state index in [0.29, 0.717) is 5.82 Å². The van der Waals surface area contributed by atoms with Crippen LogP contribution in [0.3, 0.4) is 0 Å². The summed E-state index contributed by atoms with van der Waals surface area (Å²) in [6.07, 6.45) is 7.30. The van der Waals surface area contributed by atoms with E-state index in [-0.39, 0.29) is 0 Å². The Morgan fingerprint density at radius 2 is 0.780 bits per heavy atom. The van der Waals surface area contributed by atoms with Crippen molar-refractivity contribution < 1.29 is 0 Å². The van der Waals surface area contributed by atoms with E-state index in [4.69, 9.17) is 9.97 Å². The molecule has 9 aromatic rings. The van der Waals surface area contributed by atoms with Crippen LogP contribution < -0.4 is 0 Å². The van der Waals surface area contributed by atoms with Crippen LogP contribution in [0.1, 0.15) is 0 Å². The van der Waals surface area contributed by atoms with Crippen LogP contribution in [-0.4, -0.2) is 19.9 Å². The number of aromatic nitrogens is 4. The van der Waals surface area contributed by atoms with Gasteiger partial charge in [-0.1, -0.05) is 127 Å². The van der Waals surface area contributed by atoms with Crippen LogP contribution in [0, 0.1) is 0 Å². The van der Waals surface area contributed by atoms with Crippen molar-refractivity contribution in [1.82, 2.24) is 19.9 Å². The highest BCUT2D eigenvalue weighted by Crippen LogP contribution is 2.44. The number of rotatable bonds is 6. The highest BCUT2D eigenvalue weighted by molar-refractivity contribution is 6.21. The van der Waals surface area contributed by atoms with Crippen LogP contribution in [0.25, 0.3) is 88.8 Å². The van der Waals surface area contributed by atoms with Crippen molar-refractivity contribution in [3.63, 3.8) is 0 Å². The van der Waals surface area contributed by atoms with Gasteiger partial charge in [0.15, 0.2) is 5.82 Å². The topological polar surface area (TPSA) is 51.6 Å². The van der Waals surface area contributed by atoms with Crippen molar-refractivity contribution in [3.05, 3.63) is 183 Å². The minimum Gasteiger partial charge on any atom is -0.264 e. The fourth-order valence-corrected chi connectivity index (χ4v) is 6.92. The van der Waals surface area contributed by atoms with Crippen LogP contribution in [0.2, 0.25) is 0 Å². The maximum atomic E-state index is 5.17. The Morgan fingerprint density at radius 1 is 0.300 bits per heavy atom. The lowest BCUT2D eigenvalue weighted by Crippen LogP contribution is -1.96. The lowest BCUT2D eigenvalue weighted by atomic mass is 9.85. The molecule has 0 unspecified atom stereocenters. The second-order valence-corrected chi connectivity index (χ2v) is 12.3. The number of nitrogens with zero attached hydrogens (tertiary/aromatic N) is 4. The van der Waals surface area contributed by atoms with E-state index < -0.39 is 0 Å². The Kier molecular flexibility index (Phi) is 7.45. The molecule has 3 heterocycles. The summed E-state index contributed by atoms with van der Waals surface area (Å²) in [5.74, 6) is 0.660. The molecule has 0 aliphatic rings. The summed E-state index contributed by atoms with van der Waals surface area (Å²) in [7, 11) is 0. The van der Waals surface area contributed by atoms with E-state index in [0.717, 1.165) is 44.8 Å². The average Bonchev–Trinajstić information content (AvgIpc) is 3.21. The van der Waals surface area contributed by atoms with Gasteiger partial charge >= 0.3 is 0 Å². The van der Waals surface area contributed by atoms with E-state index in [9.17, 15) is 0 Å². The molecule has 9 rings (SSSR count). The number of hydrogen-bond donors (Lipinski definition) is 0. The molecular formula is C46H30N4. The van der Waals surface area contributed by atoms with E-state index in [1.807, 2.05) is 30.6 Å². The van der Waals surface area contributed by atoms with Gasteiger partial charge in [0.2, 0.25) is 0 Å². The molecule has 0 saturated heterocycles. The third-order valence-corrected chi connectivity index (χ3v) is 9.26. The molecule has 0 aliphatic heterocycles. The average molecular weight is 639 g/mol. The molecule has 0 atom stereocenters. The van der Waals surface area contributed by atoms with E-state index in [1.165, 1.54) is 38.2 Å². The van der Waals surface area contributed by atoms with Crippen molar-refractivity contribution in [3.8, 4) is 67.3 Å². The quantitative estimate of drug-likeness (QED) is 0.170. The van der Waals surface area contributed by atoms with Crippen molar-refractivity contribution in [2.24, 2.45) is 0 Å². The lowest BCUT2D eigenvalue weighted by Gasteiger charge is -2.18. The van der Waals surface area contributed by atoms with Crippen LogP contribution in [0.5, 0.6) is 0 Å². The van der Waals surface area contributed by atoms with Gasteiger partial charge in [0.25, 0.3) is 0 Å². The predicted octanol–water partition coefficient (Wildman–Crippen LogP) is 11.6. The highest BCUT2D eigenvalue weighted by atomic mass is 14.9. The predicted molar refractivity (Wildman–Crippen MR) is 205 cm³/mol. The highest BCUT2D eigenvalue weighted by Gasteiger charge is 2.18. The van der Waals surface area contributed by atoms with Crippen LogP contribution in [0.4, 0.5) is 0 Å². The molecule has 0 fully saturated rings. The zero-order valence-corrected chi connectivity index (χ0v) is 27.1. The molecule has 0 bridgehead atoms. The second-order valence-electron chi connectivity index (χ2n) is 12.3. The smallest absolute Gasteiger partial charge is 0.160 e. The van der Waals surface area contributed by atoms with Crippen molar-refractivity contribution in [1.29, 1.82) is 0 Å². The van der Waals surface area contributed by atoms with Gasteiger partial charge in [-0.2, -0.15) is 0 Å². The molecule has 4 nitrogen and oxygen atoms in total. The van der Waals surface area contributed by atoms with Crippen LogP contribution in [0.15, 0.2) is 183 Å². The fraction of sp³-hybridized carbons (Fsp3) is 0. The number of fused-ring (bicyclic) bond motifs is 2. The zero-order chi connectivity index (χ0) is 33.3. The van der Waals surface area contributed by atoms with E-state index >= 15 is 0 Å². The van der Waals surface area contributed by atoms with Gasteiger partial charge < -0.3 is 0 Å². The van der Waals surface area contributed by atoms with Crippen LogP contribution in [-0.2, 0) is 0 Å². The SMILES string of the molecule is c1ccc(-c2c3ccccc3c(-c3cccc(-c4cc(-c5cccnc5)nc(-c5ccc(-c6cccnc6)cc5)n4)c3)c3ccccc23)cc1. The van der Waals surface area contributed by atoms with Crippen molar-refractivity contribution >= 4 is 21.5 Å². The summed E-state index contributed by atoms with van der Waals surface area (Å²) in [5.41, 5.74) is 11.5. The Labute approximate surface area is 290 Å². The fourth-order valence-electron chi connectivity index (χ4n) is 6.92. The minimum absolute atomic E-state index is 0.660. The van der Waals surface area contributed by atoms with E-state index in [1.54, 1.807) is 12.4 Å². The molecule has 234 valence electrons. The molecule has 4 heteroatoms. The first-order valence-corrected chi connectivity index (χ1v) is 16.7. The maximum absolute atomic E-state index is 5.17. The lowest BCUT2D eigenvalue weighted by molar-refractivity contribution is 1.18. The normalized spacial score (nSPS) is 11.2. The summed E-state index contributed by atoms with van der Waals surface area (Å²) >= 11 is 0. The first-order valence-electron chi connectivity index (χ1n) is 16.7. The Hall–Kier alpha value is -6.78. The molecule has 0 saturated carbocycles. The van der Waals surface area contributed by atoms with E-state index in [2.05, 4.69) is 149 Å². The van der Waals surface area contributed by atoms with Gasteiger partial charge in [-0.25, -0.2) is 9.97 Å². The largest absolute Gasteiger partial charge is 0.264 e. The molecule has 0 aliphatic carbocycles. The molecule has 0 amide bonds. The van der Waals surface area contributed by atoms with Gasteiger partial charge in [-0.3, -0.25) is 9.97 Å². The summed E-state index contributed by atoms with van der Waals surface area (Å²) in [4.78, 5) is 18.9. The molecular weight excluding hydrogens is 609 g/mol. The summed E-state index contributed by atoms with van der Waals surface area (Å²) < 4.78 is 0. The second kappa shape index (κ2) is 12.7. The van der Waals surface area contributed by atoms with Gasteiger partial charge in [0, 0.05) is 41.5 Å². The first-order chi connectivity index (χ1) is 24.8. The summed E-state index contributed by atoms with van der Waals surface area (Å²) in [5, 5.41) is 4.90. The third kappa shape index (κ3) is 5.39. The van der Waals surface area contributed by atoms with Gasteiger partial charge in [0.05, 0.1) is 11.4 Å². The number of benzene rings is 6. The standard InChI is InChI=1S/C46H30N4/c1-2-11-32(12-3-1)44-38-17-4-6-19-40(38)45(41-20-7-5-18-39(41)44)35-14-8-13-34(27-35)42-28-43(37-16-10-26-48-30-37)50-46(49-42)33-23-21-31(22-24-33)36-15-9-25-47-29-36/h1-30H. The van der Waals surface area contributed by atoms with Crippen molar-refractivity contribution in [2.45, 2.75) is 0 Å². The summed E-state index contributed by atoms with van der Waals surface area (Å²) in [6, 6.07) is 55.4. The zero-order valence-electron chi connectivity index (χ0n) is 27.1. The molecule has 0 N–H and O–H groups in total. The molecule has 0 spiro atoms. The van der Waals surface area contributed by atoms with Crippen molar-refractivity contribution in [2.75, 3.05) is 0 Å². The Bertz CT molecular complexity index is 2560. The van der Waals surface area contributed by atoms with Gasteiger partial charge in [-0.05, 0) is 85.3 Å². The number of hydrogen-bond acceptors (Lipinski definition) is 4. The molecule has 6 aromatic carbocycles. The number of pyridine rings is 2. The first kappa shape index (κ1) is 29.4. The van der Waals surface area contributed by atoms with Gasteiger partial charge in [0.1, 0.15) is 0 Å². The monoisotopic (exact) mass is 638 g/mol. The Morgan fingerprint density at radius 3 is 1.38 bits per heavy atom. The molecule has 3 aromatic heterocycles.